The fourth-order valence-electron chi connectivity index (χ4n) is 3.76. The second kappa shape index (κ2) is 8.21. The van der Waals surface area contributed by atoms with Crippen molar-refractivity contribution in [2.45, 2.75) is 54.2 Å². The first-order valence-corrected chi connectivity index (χ1v) is 10.7. The van der Waals surface area contributed by atoms with E-state index >= 15 is 0 Å². The van der Waals surface area contributed by atoms with Gasteiger partial charge in [0.15, 0.2) is 0 Å². The number of hydrogen-bond donors (Lipinski definition) is 1. The minimum atomic E-state index is -3.74. The molecule has 0 saturated carbocycles. The molecule has 0 aromatic heterocycles. The van der Waals surface area contributed by atoms with Crippen molar-refractivity contribution in [3.8, 4) is 0 Å². The third kappa shape index (κ3) is 4.38. The van der Waals surface area contributed by atoms with E-state index < -0.39 is 15.7 Å². The van der Waals surface area contributed by atoms with Gasteiger partial charge in [-0.1, -0.05) is 12.1 Å². The molecule has 1 amide bonds. The van der Waals surface area contributed by atoms with Crippen molar-refractivity contribution in [2.24, 2.45) is 0 Å². The summed E-state index contributed by atoms with van der Waals surface area (Å²) >= 11 is 0. The van der Waals surface area contributed by atoms with Gasteiger partial charge in [0.25, 0.3) is 0 Å². The average Bonchev–Trinajstić information content (AvgIpc) is 2.67. The molecular formula is C21H24FNO3S. The van der Waals surface area contributed by atoms with Crippen LogP contribution >= 0.6 is 0 Å². The maximum atomic E-state index is 13.4. The number of sulfone groups is 1. The van der Waals surface area contributed by atoms with E-state index in [4.69, 9.17) is 0 Å². The molecular weight excluding hydrogens is 365 g/mol. The Morgan fingerprint density at radius 1 is 1.19 bits per heavy atom. The van der Waals surface area contributed by atoms with Crippen LogP contribution in [0.5, 0.6) is 0 Å². The number of carbonyl (C=O) groups is 1. The summed E-state index contributed by atoms with van der Waals surface area (Å²) in [7, 11) is -2.10. The Morgan fingerprint density at radius 3 is 2.70 bits per heavy atom. The van der Waals surface area contributed by atoms with Crippen LogP contribution in [0, 0.1) is 5.82 Å². The number of amides is 1. The lowest BCUT2D eigenvalue weighted by molar-refractivity contribution is -0.120. The third-order valence-electron chi connectivity index (χ3n) is 5.20. The third-order valence-corrected chi connectivity index (χ3v) is 6.95. The minimum Gasteiger partial charge on any atom is -0.359 e. The summed E-state index contributed by atoms with van der Waals surface area (Å²) in [4.78, 5) is 11.6. The summed E-state index contributed by atoms with van der Waals surface area (Å²) < 4.78 is 39.1. The Hall–Kier alpha value is -2.21. The molecule has 1 aliphatic rings. The van der Waals surface area contributed by atoms with Crippen molar-refractivity contribution in [3.05, 3.63) is 59.4 Å². The molecule has 0 spiro atoms. The monoisotopic (exact) mass is 389 g/mol. The van der Waals surface area contributed by atoms with E-state index in [9.17, 15) is 17.6 Å². The molecule has 27 heavy (non-hydrogen) atoms. The highest BCUT2D eigenvalue weighted by Gasteiger charge is 2.24. The van der Waals surface area contributed by atoms with Gasteiger partial charge in [-0.05, 0) is 79.5 Å². The summed E-state index contributed by atoms with van der Waals surface area (Å²) in [5, 5.41) is 2.63. The number of fused-ring (bicyclic) bond motifs is 1. The first kappa shape index (κ1) is 19.5. The van der Waals surface area contributed by atoms with Crippen molar-refractivity contribution in [1.82, 2.24) is 5.32 Å². The van der Waals surface area contributed by atoms with Gasteiger partial charge in [0.2, 0.25) is 15.7 Å². The summed E-state index contributed by atoms with van der Waals surface area (Å²) in [5.74, 6) is -0.169. The smallest absolute Gasteiger partial charge is 0.219 e. The van der Waals surface area contributed by atoms with Crippen molar-refractivity contribution in [1.29, 1.82) is 0 Å². The van der Waals surface area contributed by atoms with Crippen LogP contribution < -0.4 is 5.32 Å². The highest BCUT2D eigenvalue weighted by atomic mass is 32.2. The van der Waals surface area contributed by atoms with Gasteiger partial charge in [0, 0.05) is 13.5 Å². The standard InChI is InChI=1S/C21H24FNO3S/c1-23-21(24)10-3-6-15-5-2-7-16-13-19(11-12-20(15)16)27(25,26)18-9-4-8-17(22)14-18/h4,8-9,11-15H,2-3,5-7,10H2,1H3,(H,23,24)/t15-/m0/s1. The summed E-state index contributed by atoms with van der Waals surface area (Å²) in [5.41, 5.74) is 2.22. The highest BCUT2D eigenvalue weighted by molar-refractivity contribution is 7.91. The van der Waals surface area contributed by atoms with Crippen LogP contribution in [0.4, 0.5) is 4.39 Å². The van der Waals surface area contributed by atoms with E-state index in [-0.39, 0.29) is 15.7 Å². The van der Waals surface area contributed by atoms with E-state index in [1.54, 1.807) is 19.2 Å². The lowest BCUT2D eigenvalue weighted by Gasteiger charge is -2.26. The minimum absolute atomic E-state index is 0.0274. The van der Waals surface area contributed by atoms with Crippen LogP contribution in [0.15, 0.2) is 52.3 Å². The number of halogens is 1. The molecule has 1 atom stereocenters. The molecule has 0 bridgehead atoms. The number of benzene rings is 2. The zero-order valence-corrected chi connectivity index (χ0v) is 16.2. The lowest BCUT2D eigenvalue weighted by Crippen LogP contribution is -2.18. The molecule has 4 nitrogen and oxygen atoms in total. The highest BCUT2D eigenvalue weighted by Crippen LogP contribution is 2.37. The molecule has 144 valence electrons. The van der Waals surface area contributed by atoms with Gasteiger partial charge in [-0.15, -0.1) is 0 Å². The van der Waals surface area contributed by atoms with E-state index in [1.165, 1.54) is 23.8 Å². The molecule has 0 fully saturated rings. The maximum absolute atomic E-state index is 13.4. The Bertz CT molecular complexity index is 940. The predicted molar refractivity (Wildman–Crippen MR) is 102 cm³/mol. The van der Waals surface area contributed by atoms with Gasteiger partial charge in [-0.2, -0.15) is 0 Å². The SMILES string of the molecule is CNC(=O)CCC[C@@H]1CCCc2cc(S(=O)(=O)c3cccc(F)c3)ccc21. The van der Waals surface area contributed by atoms with Crippen LogP contribution in [-0.4, -0.2) is 21.4 Å². The van der Waals surface area contributed by atoms with Crippen molar-refractivity contribution in [2.75, 3.05) is 7.05 Å². The summed E-state index contributed by atoms with van der Waals surface area (Å²) in [6.45, 7) is 0. The number of rotatable bonds is 6. The number of carbonyl (C=O) groups excluding carboxylic acids is 1. The normalized spacial score (nSPS) is 16.6. The van der Waals surface area contributed by atoms with Gasteiger partial charge in [-0.25, -0.2) is 12.8 Å². The van der Waals surface area contributed by atoms with E-state index in [0.29, 0.717) is 12.3 Å². The molecule has 0 heterocycles. The lowest BCUT2D eigenvalue weighted by atomic mass is 9.80. The summed E-state index contributed by atoms with van der Waals surface area (Å²) in [6, 6.07) is 10.4. The van der Waals surface area contributed by atoms with Crippen LogP contribution in [0.25, 0.3) is 0 Å². The van der Waals surface area contributed by atoms with E-state index in [2.05, 4.69) is 5.32 Å². The molecule has 0 aliphatic heterocycles. The largest absolute Gasteiger partial charge is 0.359 e. The Morgan fingerprint density at radius 2 is 1.96 bits per heavy atom. The predicted octanol–water partition coefficient (Wildman–Crippen LogP) is 3.99. The van der Waals surface area contributed by atoms with Crippen LogP contribution in [0.1, 0.15) is 49.1 Å². The number of hydrogen-bond acceptors (Lipinski definition) is 3. The van der Waals surface area contributed by atoms with Crippen molar-refractivity contribution in [3.63, 3.8) is 0 Å². The van der Waals surface area contributed by atoms with E-state index in [0.717, 1.165) is 43.7 Å². The first-order valence-electron chi connectivity index (χ1n) is 9.26. The Balaban J connectivity index is 1.83. The van der Waals surface area contributed by atoms with Crippen LogP contribution in [0.3, 0.4) is 0 Å². The Kier molecular flexibility index (Phi) is 5.95. The quantitative estimate of drug-likeness (QED) is 0.812. The van der Waals surface area contributed by atoms with Gasteiger partial charge in [0.05, 0.1) is 9.79 Å². The first-order chi connectivity index (χ1) is 12.9. The number of nitrogens with one attached hydrogen (secondary N) is 1. The molecule has 0 unspecified atom stereocenters. The van der Waals surface area contributed by atoms with Crippen LogP contribution in [-0.2, 0) is 21.1 Å². The number of aryl methyl sites for hydroxylation is 1. The van der Waals surface area contributed by atoms with Gasteiger partial charge in [0.1, 0.15) is 5.82 Å². The van der Waals surface area contributed by atoms with Crippen molar-refractivity contribution >= 4 is 15.7 Å². The zero-order chi connectivity index (χ0) is 19.4. The maximum Gasteiger partial charge on any atom is 0.219 e. The second-order valence-corrected chi connectivity index (χ2v) is 8.93. The van der Waals surface area contributed by atoms with Gasteiger partial charge < -0.3 is 5.32 Å². The van der Waals surface area contributed by atoms with Crippen molar-refractivity contribution < 1.29 is 17.6 Å². The molecule has 0 saturated heterocycles. The van der Waals surface area contributed by atoms with Gasteiger partial charge in [-0.3, -0.25) is 4.79 Å². The molecule has 2 aromatic rings. The average molecular weight is 389 g/mol. The molecule has 6 heteroatoms. The van der Waals surface area contributed by atoms with Crippen LogP contribution in [0.2, 0.25) is 0 Å². The molecule has 1 aliphatic carbocycles. The fourth-order valence-corrected chi connectivity index (χ4v) is 5.10. The zero-order valence-electron chi connectivity index (χ0n) is 15.4. The van der Waals surface area contributed by atoms with E-state index in [1.807, 2.05) is 6.07 Å². The topological polar surface area (TPSA) is 63.2 Å². The molecule has 1 N–H and O–H groups in total. The molecule has 2 aromatic carbocycles. The summed E-state index contributed by atoms with van der Waals surface area (Å²) in [6.07, 6.45) is 5.13. The molecule has 3 rings (SSSR count). The fraction of sp³-hybridized carbons (Fsp3) is 0.381. The second-order valence-electron chi connectivity index (χ2n) is 6.98. The Labute approximate surface area is 159 Å². The molecule has 0 radical (unpaired) electrons. The van der Waals surface area contributed by atoms with Gasteiger partial charge >= 0.3 is 0 Å².